The van der Waals surface area contributed by atoms with Gasteiger partial charge in [0.05, 0.1) is 10.6 Å². The van der Waals surface area contributed by atoms with Gasteiger partial charge in [-0.05, 0) is 55.0 Å². The number of fused-ring (bicyclic) bond motifs is 1. The van der Waals surface area contributed by atoms with E-state index in [0.29, 0.717) is 22.7 Å². The summed E-state index contributed by atoms with van der Waals surface area (Å²) in [5.74, 6) is 0.665. The van der Waals surface area contributed by atoms with Gasteiger partial charge in [-0.15, -0.1) is 21.5 Å². The van der Waals surface area contributed by atoms with Crippen LogP contribution < -0.4 is 5.32 Å². The minimum absolute atomic E-state index is 0.108. The Morgan fingerprint density at radius 3 is 3.15 bits per heavy atom. The van der Waals surface area contributed by atoms with E-state index >= 15 is 0 Å². The normalized spacial score (nSPS) is 16.1. The predicted octanol–water partition coefficient (Wildman–Crippen LogP) is 4.79. The number of nitrogens with zero attached hydrogens (tertiary/aromatic N) is 2. The molecule has 5 nitrogen and oxygen atoms in total. The molecule has 8 heteroatoms. The van der Waals surface area contributed by atoms with Crippen molar-refractivity contribution in [3.8, 4) is 10.8 Å². The van der Waals surface area contributed by atoms with E-state index in [-0.39, 0.29) is 11.7 Å². The van der Waals surface area contributed by atoms with E-state index in [0.717, 1.165) is 29.5 Å². The number of halogens is 1. The van der Waals surface area contributed by atoms with Gasteiger partial charge in [0.2, 0.25) is 5.91 Å². The fourth-order valence-electron chi connectivity index (χ4n) is 3.07. The molecule has 0 fully saturated rings. The van der Waals surface area contributed by atoms with Gasteiger partial charge in [0.15, 0.2) is 0 Å². The zero-order valence-corrected chi connectivity index (χ0v) is 16.3. The molecule has 0 unspecified atom stereocenters. The van der Waals surface area contributed by atoms with Gasteiger partial charge < -0.3 is 9.73 Å². The standard InChI is InChI=1S/C19H18FN3O2S2/c1-11-5-6-15-12(7-11)8-16(27-15)18-22-23-19(25-18)26-10-17(24)21-14-4-2-3-13(20)9-14/h2-4,8-9,11H,5-7,10H2,1H3,(H,21,24)/t11-/m0/s1. The summed E-state index contributed by atoms with van der Waals surface area (Å²) >= 11 is 2.87. The van der Waals surface area contributed by atoms with Crippen LogP contribution in [0.2, 0.25) is 0 Å². The number of thioether (sulfide) groups is 1. The first kappa shape index (κ1) is 18.2. The molecule has 1 atom stereocenters. The number of carbonyl (C=O) groups is 1. The molecule has 0 saturated heterocycles. The maximum Gasteiger partial charge on any atom is 0.277 e. The third kappa shape index (κ3) is 4.39. The highest BCUT2D eigenvalue weighted by molar-refractivity contribution is 7.99. The Balaban J connectivity index is 1.36. The van der Waals surface area contributed by atoms with E-state index in [9.17, 15) is 9.18 Å². The number of hydrogen-bond acceptors (Lipinski definition) is 6. The number of thiophene rings is 1. The van der Waals surface area contributed by atoms with Crippen molar-refractivity contribution in [1.82, 2.24) is 10.2 Å². The Labute approximate surface area is 164 Å². The minimum Gasteiger partial charge on any atom is -0.410 e. The average molecular weight is 404 g/mol. The summed E-state index contributed by atoms with van der Waals surface area (Å²) in [6, 6.07) is 7.92. The Hall–Kier alpha value is -2.19. The van der Waals surface area contributed by atoms with Crippen LogP contribution in [0.4, 0.5) is 10.1 Å². The van der Waals surface area contributed by atoms with Gasteiger partial charge in [0.25, 0.3) is 11.1 Å². The van der Waals surface area contributed by atoms with Crippen molar-refractivity contribution in [3.63, 3.8) is 0 Å². The molecule has 27 heavy (non-hydrogen) atoms. The molecular formula is C19H18FN3O2S2. The molecule has 0 radical (unpaired) electrons. The van der Waals surface area contributed by atoms with E-state index in [4.69, 9.17) is 4.42 Å². The fraction of sp³-hybridized carbons (Fsp3) is 0.316. The second-order valence-electron chi connectivity index (χ2n) is 6.63. The Morgan fingerprint density at radius 2 is 2.30 bits per heavy atom. The molecule has 1 amide bonds. The number of amides is 1. The van der Waals surface area contributed by atoms with Crippen LogP contribution in [0.5, 0.6) is 0 Å². The molecular weight excluding hydrogens is 385 g/mol. The number of aryl methyl sites for hydroxylation is 1. The zero-order valence-electron chi connectivity index (χ0n) is 14.7. The van der Waals surface area contributed by atoms with E-state index < -0.39 is 5.82 Å². The molecule has 4 rings (SSSR count). The van der Waals surface area contributed by atoms with E-state index in [2.05, 4.69) is 28.5 Å². The lowest BCUT2D eigenvalue weighted by Gasteiger charge is -2.16. The van der Waals surface area contributed by atoms with Gasteiger partial charge in [-0.2, -0.15) is 0 Å². The molecule has 0 aliphatic heterocycles. The summed E-state index contributed by atoms with van der Waals surface area (Å²) in [6.45, 7) is 2.27. The summed E-state index contributed by atoms with van der Waals surface area (Å²) in [4.78, 5) is 14.4. The van der Waals surface area contributed by atoms with Crippen molar-refractivity contribution in [2.75, 3.05) is 11.1 Å². The topological polar surface area (TPSA) is 68.0 Å². The van der Waals surface area contributed by atoms with Crippen molar-refractivity contribution in [2.24, 2.45) is 5.92 Å². The Kier molecular flexibility index (Phi) is 5.27. The molecule has 2 heterocycles. The molecule has 2 aromatic heterocycles. The quantitative estimate of drug-likeness (QED) is 0.620. The number of aromatic nitrogens is 2. The van der Waals surface area contributed by atoms with Crippen molar-refractivity contribution in [1.29, 1.82) is 0 Å². The third-order valence-corrected chi connectivity index (χ3v) is 6.43. The first-order chi connectivity index (χ1) is 13.1. The number of hydrogen-bond donors (Lipinski definition) is 1. The molecule has 1 aromatic carbocycles. The van der Waals surface area contributed by atoms with Crippen LogP contribution in [0.15, 0.2) is 40.0 Å². The lowest BCUT2D eigenvalue weighted by atomic mass is 9.90. The van der Waals surface area contributed by atoms with Gasteiger partial charge in [-0.25, -0.2) is 4.39 Å². The molecule has 0 spiro atoms. The molecule has 1 N–H and O–H groups in total. The highest BCUT2D eigenvalue weighted by Gasteiger charge is 2.21. The molecule has 0 saturated carbocycles. The predicted molar refractivity (Wildman–Crippen MR) is 105 cm³/mol. The van der Waals surface area contributed by atoms with Gasteiger partial charge in [0.1, 0.15) is 5.82 Å². The van der Waals surface area contributed by atoms with Crippen LogP contribution in [0, 0.1) is 11.7 Å². The van der Waals surface area contributed by atoms with Gasteiger partial charge in [0, 0.05) is 10.6 Å². The second kappa shape index (κ2) is 7.82. The smallest absolute Gasteiger partial charge is 0.277 e. The molecule has 1 aliphatic rings. The van der Waals surface area contributed by atoms with E-state index in [1.165, 1.54) is 29.0 Å². The lowest BCUT2D eigenvalue weighted by molar-refractivity contribution is -0.113. The zero-order chi connectivity index (χ0) is 18.8. The van der Waals surface area contributed by atoms with Crippen molar-refractivity contribution in [3.05, 3.63) is 46.6 Å². The van der Waals surface area contributed by atoms with E-state index in [1.54, 1.807) is 23.5 Å². The summed E-state index contributed by atoms with van der Waals surface area (Å²) in [6.07, 6.45) is 3.43. The lowest BCUT2D eigenvalue weighted by Crippen LogP contribution is -2.14. The monoisotopic (exact) mass is 403 g/mol. The number of rotatable bonds is 5. The van der Waals surface area contributed by atoms with Gasteiger partial charge in [-0.1, -0.05) is 24.8 Å². The largest absolute Gasteiger partial charge is 0.410 e. The van der Waals surface area contributed by atoms with Crippen molar-refractivity contribution in [2.45, 2.75) is 31.4 Å². The van der Waals surface area contributed by atoms with Crippen molar-refractivity contribution >= 4 is 34.7 Å². The number of anilines is 1. The van der Waals surface area contributed by atoms with Gasteiger partial charge in [-0.3, -0.25) is 4.79 Å². The maximum atomic E-state index is 13.2. The summed E-state index contributed by atoms with van der Waals surface area (Å²) in [5.41, 5.74) is 1.81. The summed E-state index contributed by atoms with van der Waals surface area (Å²) in [7, 11) is 0. The first-order valence-electron chi connectivity index (χ1n) is 8.70. The van der Waals surface area contributed by atoms with Crippen molar-refractivity contribution < 1.29 is 13.6 Å². The average Bonchev–Trinajstić information content (AvgIpc) is 3.26. The minimum atomic E-state index is -0.393. The number of carbonyl (C=O) groups excluding carboxylic acids is 1. The summed E-state index contributed by atoms with van der Waals surface area (Å²) < 4.78 is 18.9. The first-order valence-corrected chi connectivity index (χ1v) is 10.5. The molecule has 3 aromatic rings. The molecule has 1 aliphatic carbocycles. The van der Waals surface area contributed by atoms with Crippen LogP contribution in [-0.4, -0.2) is 21.9 Å². The van der Waals surface area contributed by atoms with Crippen LogP contribution in [-0.2, 0) is 17.6 Å². The van der Waals surface area contributed by atoms with E-state index in [1.807, 2.05) is 0 Å². The highest BCUT2D eigenvalue weighted by atomic mass is 32.2. The highest BCUT2D eigenvalue weighted by Crippen LogP contribution is 2.37. The van der Waals surface area contributed by atoms with Crippen LogP contribution >= 0.6 is 23.1 Å². The number of benzene rings is 1. The fourth-order valence-corrected chi connectivity index (χ4v) is 4.76. The summed E-state index contributed by atoms with van der Waals surface area (Å²) in [5, 5.41) is 11.1. The Bertz CT molecular complexity index is 970. The number of nitrogens with one attached hydrogen (secondary N) is 1. The van der Waals surface area contributed by atoms with Crippen LogP contribution in [0.25, 0.3) is 10.8 Å². The third-order valence-electron chi connectivity index (χ3n) is 4.38. The van der Waals surface area contributed by atoms with Crippen LogP contribution in [0.3, 0.4) is 0 Å². The van der Waals surface area contributed by atoms with Gasteiger partial charge >= 0.3 is 0 Å². The maximum absolute atomic E-state index is 13.2. The van der Waals surface area contributed by atoms with Crippen LogP contribution in [0.1, 0.15) is 23.8 Å². The Morgan fingerprint density at radius 1 is 1.41 bits per heavy atom. The molecule has 140 valence electrons. The SMILES string of the molecule is C[C@H]1CCc2sc(-c3nnc(SCC(=O)Nc4cccc(F)c4)o3)cc2C1. The second-order valence-corrected chi connectivity index (χ2v) is 8.69. The molecule has 0 bridgehead atoms.